The first-order chi connectivity index (χ1) is 11.2. The molecular weight excluding hydrogens is 297 g/mol. The predicted molar refractivity (Wildman–Crippen MR) is 88.4 cm³/mol. The summed E-state index contributed by atoms with van der Waals surface area (Å²) in [6, 6.07) is 8.39. The van der Waals surface area contributed by atoms with Crippen LogP contribution in [0.1, 0.15) is 0 Å². The van der Waals surface area contributed by atoms with Crippen molar-refractivity contribution in [3.05, 3.63) is 52.7 Å². The minimum Gasteiger partial charge on any atom is -0.382 e. The van der Waals surface area contributed by atoms with E-state index < -0.39 is 0 Å². The largest absolute Gasteiger partial charge is 0.382 e. The number of H-pyrrole nitrogens is 1. The van der Waals surface area contributed by atoms with Gasteiger partial charge in [0.15, 0.2) is 0 Å². The topological polar surface area (TPSA) is 64.3 Å². The minimum absolute atomic E-state index is 0.163. The second-order valence-corrected chi connectivity index (χ2v) is 5.54. The monoisotopic (exact) mass is 317 g/mol. The van der Waals surface area contributed by atoms with E-state index in [0.29, 0.717) is 5.69 Å². The number of piperazine rings is 1. The molecule has 1 saturated heterocycles. The molecule has 0 spiro atoms. The van der Waals surface area contributed by atoms with Crippen molar-refractivity contribution in [1.29, 1.82) is 0 Å². The van der Waals surface area contributed by atoms with Gasteiger partial charge < -0.3 is 10.2 Å². The lowest BCUT2D eigenvalue weighted by molar-refractivity contribution is 0.266. The maximum absolute atomic E-state index is 13.8. The molecular formula is C16H20FN5O. The Kier molecular flexibility index (Phi) is 4.87. The lowest BCUT2D eigenvalue weighted by atomic mass is 10.2. The van der Waals surface area contributed by atoms with Crippen molar-refractivity contribution in [2.75, 3.05) is 49.5 Å². The molecule has 2 aromatic rings. The highest BCUT2D eigenvalue weighted by atomic mass is 19.1. The molecule has 1 aliphatic heterocycles. The Labute approximate surface area is 133 Å². The molecule has 0 aliphatic carbocycles. The second kappa shape index (κ2) is 7.23. The van der Waals surface area contributed by atoms with Gasteiger partial charge in [0.25, 0.3) is 5.56 Å². The van der Waals surface area contributed by atoms with Gasteiger partial charge >= 0.3 is 0 Å². The molecule has 2 N–H and O–H groups in total. The fourth-order valence-electron chi connectivity index (χ4n) is 2.75. The normalized spacial score (nSPS) is 15.6. The Morgan fingerprint density at radius 2 is 2.00 bits per heavy atom. The SMILES string of the molecule is O=c1cc(NCCN2CCN(c3ccccc3F)CC2)cn[nH]1. The number of anilines is 2. The van der Waals surface area contributed by atoms with Crippen molar-refractivity contribution in [2.45, 2.75) is 0 Å². The molecule has 0 amide bonds. The Balaban J connectivity index is 1.44. The molecule has 0 saturated carbocycles. The number of para-hydroxylation sites is 1. The smallest absolute Gasteiger partial charge is 0.266 e. The summed E-state index contributed by atoms with van der Waals surface area (Å²) in [6.45, 7) is 5.02. The fourth-order valence-corrected chi connectivity index (χ4v) is 2.75. The van der Waals surface area contributed by atoms with Gasteiger partial charge in [-0.2, -0.15) is 5.10 Å². The van der Waals surface area contributed by atoms with Crippen molar-refractivity contribution < 1.29 is 4.39 Å². The van der Waals surface area contributed by atoms with Gasteiger partial charge in [-0.15, -0.1) is 0 Å². The summed E-state index contributed by atoms with van der Waals surface area (Å²) in [5.74, 6) is -0.163. The summed E-state index contributed by atoms with van der Waals surface area (Å²) in [4.78, 5) is 15.6. The highest BCUT2D eigenvalue weighted by Crippen LogP contribution is 2.19. The van der Waals surface area contributed by atoms with Gasteiger partial charge in [-0.3, -0.25) is 9.69 Å². The molecule has 1 aromatic heterocycles. The highest BCUT2D eigenvalue weighted by Gasteiger charge is 2.18. The molecule has 0 unspecified atom stereocenters. The Morgan fingerprint density at radius 1 is 1.22 bits per heavy atom. The predicted octanol–water partition coefficient (Wildman–Crippen LogP) is 1.14. The van der Waals surface area contributed by atoms with Gasteiger partial charge in [-0.05, 0) is 12.1 Å². The van der Waals surface area contributed by atoms with Crippen LogP contribution in [0.25, 0.3) is 0 Å². The second-order valence-electron chi connectivity index (χ2n) is 5.54. The summed E-state index contributed by atoms with van der Waals surface area (Å²) in [5, 5.41) is 9.28. The van der Waals surface area contributed by atoms with Gasteiger partial charge in [0.05, 0.1) is 17.6 Å². The Morgan fingerprint density at radius 3 is 2.74 bits per heavy atom. The molecule has 7 heteroatoms. The van der Waals surface area contributed by atoms with Gasteiger partial charge in [-0.25, -0.2) is 9.49 Å². The molecule has 2 heterocycles. The maximum Gasteiger partial charge on any atom is 0.266 e. The average Bonchev–Trinajstić information content (AvgIpc) is 2.56. The van der Waals surface area contributed by atoms with Crippen LogP contribution in [-0.4, -0.2) is 54.4 Å². The van der Waals surface area contributed by atoms with Crippen LogP contribution in [0, 0.1) is 5.82 Å². The summed E-state index contributed by atoms with van der Waals surface area (Å²) < 4.78 is 13.8. The van der Waals surface area contributed by atoms with E-state index in [0.717, 1.165) is 45.0 Å². The first kappa shape index (κ1) is 15.5. The lowest BCUT2D eigenvalue weighted by Crippen LogP contribution is -2.47. The third kappa shape index (κ3) is 4.07. The van der Waals surface area contributed by atoms with Gasteiger partial charge in [0.2, 0.25) is 0 Å². The summed E-state index contributed by atoms with van der Waals surface area (Å²) >= 11 is 0. The maximum atomic E-state index is 13.8. The van der Waals surface area contributed by atoms with E-state index >= 15 is 0 Å². The molecule has 1 aromatic carbocycles. The van der Waals surface area contributed by atoms with E-state index in [1.807, 2.05) is 12.1 Å². The van der Waals surface area contributed by atoms with Crippen LogP contribution in [0.2, 0.25) is 0 Å². The fraction of sp³-hybridized carbons (Fsp3) is 0.375. The first-order valence-corrected chi connectivity index (χ1v) is 7.73. The third-order valence-corrected chi connectivity index (χ3v) is 3.99. The van der Waals surface area contributed by atoms with Crippen molar-refractivity contribution in [1.82, 2.24) is 15.1 Å². The van der Waals surface area contributed by atoms with E-state index in [1.54, 1.807) is 12.3 Å². The van der Waals surface area contributed by atoms with E-state index in [1.165, 1.54) is 12.1 Å². The van der Waals surface area contributed by atoms with Crippen LogP contribution in [0.5, 0.6) is 0 Å². The van der Waals surface area contributed by atoms with Gasteiger partial charge in [0.1, 0.15) is 5.82 Å². The average molecular weight is 317 g/mol. The highest BCUT2D eigenvalue weighted by molar-refractivity contribution is 5.48. The molecule has 23 heavy (non-hydrogen) atoms. The zero-order valence-corrected chi connectivity index (χ0v) is 12.8. The molecule has 0 radical (unpaired) electrons. The zero-order chi connectivity index (χ0) is 16.1. The molecule has 122 valence electrons. The van der Waals surface area contributed by atoms with E-state index in [4.69, 9.17) is 0 Å². The number of benzene rings is 1. The summed E-state index contributed by atoms with van der Waals surface area (Å²) in [6.07, 6.45) is 1.59. The number of halogens is 1. The number of nitrogens with one attached hydrogen (secondary N) is 2. The number of hydrogen-bond acceptors (Lipinski definition) is 5. The summed E-state index contributed by atoms with van der Waals surface area (Å²) in [5.41, 5.74) is 1.19. The van der Waals surface area contributed by atoms with Crippen molar-refractivity contribution in [2.24, 2.45) is 0 Å². The van der Waals surface area contributed by atoms with Crippen LogP contribution >= 0.6 is 0 Å². The Bertz CT molecular complexity index is 697. The van der Waals surface area contributed by atoms with E-state index in [2.05, 4.69) is 25.3 Å². The van der Waals surface area contributed by atoms with Crippen LogP contribution in [0.3, 0.4) is 0 Å². The molecule has 0 bridgehead atoms. The molecule has 1 aliphatic rings. The molecule has 6 nitrogen and oxygen atoms in total. The number of aromatic nitrogens is 2. The van der Waals surface area contributed by atoms with Crippen LogP contribution in [0.15, 0.2) is 41.3 Å². The van der Waals surface area contributed by atoms with Crippen LogP contribution in [0.4, 0.5) is 15.8 Å². The summed E-state index contributed by atoms with van der Waals surface area (Å²) in [7, 11) is 0. The van der Waals surface area contributed by atoms with E-state index in [-0.39, 0.29) is 11.4 Å². The van der Waals surface area contributed by atoms with Crippen LogP contribution in [-0.2, 0) is 0 Å². The number of aromatic amines is 1. The molecule has 1 fully saturated rings. The molecule has 3 rings (SSSR count). The number of rotatable bonds is 5. The van der Waals surface area contributed by atoms with Gasteiger partial charge in [0, 0.05) is 45.3 Å². The van der Waals surface area contributed by atoms with E-state index in [9.17, 15) is 9.18 Å². The van der Waals surface area contributed by atoms with Crippen molar-refractivity contribution in [3.8, 4) is 0 Å². The quantitative estimate of drug-likeness (QED) is 0.866. The van der Waals surface area contributed by atoms with Crippen molar-refractivity contribution >= 4 is 11.4 Å². The Hall–Kier alpha value is -2.41. The minimum atomic E-state index is -0.214. The third-order valence-electron chi connectivity index (χ3n) is 3.99. The van der Waals surface area contributed by atoms with Crippen LogP contribution < -0.4 is 15.8 Å². The first-order valence-electron chi connectivity index (χ1n) is 7.73. The standard InChI is InChI=1S/C16H20FN5O/c17-14-3-1-2-4-15(14)22-9-7-21(8-10-22)6-5-18-13-11-16(23)20-19-12-13/h1-4,11-12H,5-10H2,(H2,18,20,23). The number of nitrogens with zero attached hydrogens (tertiary/aromatic N) is 3. The number of hydrogen-bond donors (Lipinski definition) is 2. The lowest BCUT2D eigenvalue weighted by Gasteiger charge is -2.36. The van der Waals surface area contributed by atoms with Gasteiger partial charge in [-0.1, -0.05) is 12.1 Å². The zero-order valence-electron chi connectivity index (χ0n) is 12.8. The van der Waals surface area contributed by atoms with Crippen molar-refractivity contribution in [3.63, 3.8) is 0 Å². The molecule has 0 atom stereocenters.